The zero-order chi connectivity index (χ0) is 21.3. The topological polar surface area (TPSA) is 94.3 Å². The maximum absolute atomic E-state index is 12.6. The lowest BCUT2D eigenvalue weighted by Crippen LogP contribution is -2.50. The van der Waals surface area contributed by atoms with Crippen LogP contribution in [-0.2, 0) is 9.59 Å². The number of aliphatic imine (C=N–C) groups is 1. The van der Waals surface area contributed by atoms with E-state index >= 15 is 0 Å². The van der Waals surface area contributed by atoms with Gasteiger partial charge in [-0.2, -0.15) is 0 Å². The number of likely N-dealkylation sites (tertiary alicyclic amines) is 1. The van der Waals surface area contributed by atoms with Crippen LogP contribution in [-0.4, -0.2) is 80.4 Å². The molecule has 8 nitrogen and oxygen atoms in total. The molecule has 0 bridgehead atoms. The minimum Gasteiger partial charge on any atom is -0.370 e. The predicted octanol–water partition coefficient (Wildman–Crippen LogP) is 1.51. The number of halogens is 1. The zero-order valence-electron chi connectivity index (χ0n) is 18.3. The fourth-order valence-corrected chi connectivity index (χ4v) is 4.33. The molecule has 1 aromatic rings. The molecule has 2 saturated heterocycles. The first-order chi connectivity index (χ1) is 14.6. The molecule has 0 saturated carbocycles. The number of nitrogens with zero attached hydrogens (tertiary/aromatic N) is 4. The van der Waals surface area contributed by atoms with Crippen molar-refractivity contribution in [2.45, 2.75) is 25.7 Å². The van der Waals surface area contributed by atoms with Crippen LogP contribution in [0, 0.1) is 5.92 Å². The Morgan fingerprint density at radius 2 is 1.81 bits per heavy atom. The van der Waals surface area contributed by atoms with Gasteiger partial charge in [-0.15, -0.1) is 24.0 Å². The van der Waals surface area contributed by atoms with Gasteiger partial charge in [-0.1, -0.05) is 18.2 Å². The van der Waals surface area contributed by atoms with E-state index in [4.69, 9.17) is 5.73 Å². The molecular weight excluding hydrogens is 507 g/mol. The van der Waals surface area contributed by atoms with Crippen LogP contribution in [0.3, 0.4) is 0 Å². The number of hydrogen-bond donors (Lipinski definition) is 2. The number of carbonyl (C=O) groups is 2. The Balaban J connectivity index is 0.00000341. The molecule has 0 aliphatic carbocycles. The average Bonchev–Trinajstić information content (AvgIpc) is 2.77. The van der Waals surface area contributed by atoms with Gasteiger partial charge < -0.3 is 25.8 Å². The second kappa shape index (κ2) is 12.7. The third kappa shape index (κ3) is 7.55. The number of nitrogens with one attached hydrogen (secondary N) is 1. The van der Waals surface area contributed by atoms with Crippen molar-refractivity contribution in [3.05, 3.63) is 30.3 Å². The molecule has 1 atom stereocenters. The largest absolute Gasteiger partial charge is 0.370 e. The SMILES string of the molecule is CN=C(NCCC(=O)N1CCN(c2ccccc2)CC1)N1CCCC(CC(N)=O)C1.I. The van der Waals surface area contributed by atoms with E-state index in [-0.39, 0.29) is 41.7 Å². The second-order valence-electron chi connectivity index (χ2n) is 8.05. The molecule has 1 aromatic carbocycles. The van der Waals surface area contributed by atoms with E-state index in [1.165, 1.54) is 5.69 Å². The summed E-state index contributed by atoms with van der Waals surface area (Å²) in [6, 6.07) is 10.3. The third-order valence-electron chi connectivity index (χ3n) is 5.90. The number of benzene rings is 1. The lowest BCUT2D eigenvalue weighted by molar-refractivity contribution is -0.131. The number of hydrogen-bond acceptors (Lipinski definition) is 4. The smallest absolute Gasteiger partial charge is 0.224 e. The van der Waals surface area contributed by atoms with E-state index in [1.807, 2.05) is 23.1 Å². The lowest BCUT2D eigenvalue weighted by atomic mass is 9.95. The summed E-state index contributed by atoms with van der Waals surface area (Å²) >= 11 is 0. The highest BCUT2D eigenvalue weighted by atomic mass is 127. The molecule has 2 aliphatic rings. The van der Waals surface area contributed by atoms with Gasteiger partial charge in [0.15, 0.2) is 5.96 Å². The summed E-state index contributed by atoms with van der Waals surface area (Å²) < 4.78 is 0. The standard InChI is InChI=1S/C22H34N6O2.HI/c1-24-22(28-11-5-6-18(17-28)16-20(23)29)25-10-9-21(30)27-14-12-26(13-15-27)19-7-3-2-4-8-19;/h2-4,7-8,18H,5-6,9-17H2,1H3,(H2,23,29)(H,24,25);1H. The number of piperidine rings is 1. The molecule has 2 fully saturated rings. The normalized spacial score (nSPS) is 19.6. The van der Waals surface area contributed by atoms with Crippen LogP contribution >= 0.6 is 24.0 Å². The second-order valence-corrected chi connectivity index (χ2v) is 8.05. The summed E-state index contributed by atoms with van der Waals surface area (Å²) in [6.45, 7) is 5.47. The van der Waals surface area contributed by atoms with Crippen molar-refractivity contribution < 1.29 is 9.59 Å². The Morgan fingerprint density at radius 1 is 1.10 bits per heavy atom. The summed E-state index contributed by atoms with van der Waals surface area (Å²) in [5, 5.41) is 3.32. The first-order valence-electron chi connectivity index (χ1n) is 10.9. The number of carbonyl (C=O) groups excluding carboxylic acids is 2. The van der Waals surface area contributed by atoms with Crippen molar-refractivity contribution in [2.75, 3.05) is 57.8 Å². The number of guanidine groups is 1. The van der Waals surface area contributed by atoms with Gasteiger partial charge in [0, 0.05) is 71.4 Å². The number of piperazine rings is 1. The summed E-state index contributed by atoms with van der Waals surface area (Å²) in [6.07, 6.45) is 2.90. The highest BCUT2D eigenvalue weighted by molar-refractivity contribution is 14.0. The van der Waals surface area contributed by atoms with Gasteiger partial charge in [-0.05, 0) is 30.9 Å². The van der Waals surface area contributed by atoms with E-state index < -0.39 is 0 Å². The maximum Gasteiger partial charge on any atom is 0.224 e. The molecule has 31 heavy (non-hydrogen) atoms. The molecule has 3 N–H and O–H groups in total. The number of para-hydroxylation sites is 1. The van der Waals surface area contributed by atoms with Crippen LogP contribution in [0.25, 0.3) is 0 Å². The van der Waals surface area contributed by atoms with Crippen LogP contribution < -0.4 is 16.0 Å². The maximum atomic E-state index is 12.6. The zero-order valence-corrected chi connectivity index (χ0v) is 20.7. The molecule has 2 amide bonds. The molecule has 3 rings (SSSR count). The van der Waals surface area contributed by atoms with E-state index in [9.17, 15) is 9.59 Å². The van der Waals surface area contributed by atoms with Crippen molar-refractivity contribution in [1.29, 1.82) is 0 Å². The monoisotopic (exact) mass is 542 g/mol. The molecule has 2 heterocycles. The van der Waals surface area contributed by atoms with Crippen molar-refractivity contribution in [2.24, 2.45) is 16.6 Å². The van der Waals surface area contributed by atoms with Crippen LogP contribution in [0.5, 0.6) is 0 Å². The number of anilines is 1. The highest BCUT2D eigenvalue weighted by Gasteiger charge is 2.24. The van der Waals surface area contributed by atoms with Gasteiger partial charge in [-0.25, -0.2) is 0 Å². The lowest BCUT2D eigenvalue weighted by Gasteiger charge is -2.36. The van der Waals surface area contributed by atoms with E-state index in [2.05, 4.69) is 32.2 Å². The summed E-state index contributed by atoms with van der Waals surface area (Å²) in [4.78, 5) is 34.7. The van der Waals surface area contributed by atoms with Gasteiger partial charge >= 0.3 is 0 Å². The number of amides is 2. The van der Waals surface area contributed by atoms with Gasteiger partial charge in [0.1, 0.15) is 0 Å². The molecule has 1 unspecified atom stereocenters. The average molecular weight is 542 g/mol. The predicted molar refractivity (Wildman–Crippen MR) is 135 cm³/mol. The molecule has 172 valence electrons. The summed E-state index contributed by atoms with van der Waals surface area (Å²) in [5.41, 5.74) is 6.57. The first kappa shape index (κ1) is 25.2. The molecular formula is C22H35IN6O2. The Bertz CT molecular complexity index is 737. The van der Waals surface area contributed by atoms with Gasteiger partial charge in [0.05, 0.1) is 0 Å². The van der Waals surface area contributed by atoms with Gasteiger partial charge in [0.2, 0.25) is 11.8 Å². The molecule has 0 spiro atoms. The van der Waals surface area contributed by atoms with Crippen LogP contribution in [0.4, 0.5) is 5.69 Å². The van der Waals surface area contributed by atoms with Gasteiger partial charge in [0.25, 0.3) is 0 Å². The minimum absolute atomic E-state index is 0. The first-order valence-corrected chi connectivity index (χ1v) is 10.9. The summed E-state index contributed by atoms with van der Waals surface area (Å²) in [5.74, 6) is 1.00. The Labute approximate surface area is 202 Å². The number of primary amides is 1. The molecule has 0 aromatic heterocycles. The fourth-order valence-electron chi connectivity index (χ4n) is 4.33. The highest BCUT2D eigenvalue weighted by Crippen LogP contribution is 2.19. The van der Waals surface area contributed by atoms with Crippen molar-refractivity contribution in [3.63, 3.8) is 0 Å². The van der Waals surface area contributed by atoms with Crippen molar-refractivity contribution in [1.82, 2.24) is 15.1 Å². The Kier molecular flexibility index (Phi) is 10.4. The number of rotatable bonds is 6. The Hall–Kier alpha value is -2.04. The molecule has 2 aliphatic heterocycles. The Morgan fingerprint density at radius 3 is 2.45 bits per heavy atom. The van der Waals surface area contributed by atoms with E-state index in [0.29, 0.717) is 19.4 Å². The van der Waals surface area contributed by atoms with E-state index in [0.717, 1.165) is 58.1 Å². The van der Waals surface area contributed by atoms with Crippen LogP contribution in [0.1, 0.15) is 25.7 Å². The van der Waals surface area contributed by atoms with Crippen LogP contribution in [0.2, 0.25) is 0 Å². The van der Waals surface area contributed by atoms with Crippen LogP contribution in [0.15, 0.2) is 35.3 Å². The summed E-state index contributed by atoms with van der Waals surface area (Å²) in [7, 11) is 1.75. The fraction of sp³-hybridized carbons (Fsp3) is 0.591. The number of nitrogens with two attached hydrogens (primary N) is 1. The minimum atomic E-state index is -0.247. The van der Waals surface area contributed by atoms with Gasteiger partial charge in [-0.3, -0.25) is 14.6 Å². The molecule has 0 radical (unpaired) electrons. The quantitative estimate of drug-likeness (QED) is 0.323. The van der Waals surface area contributed by atoms with E-state index in [1.54, 1.807) is 7.05 Å². The van der Waals surface area contributed by atoms with Crippen molar-refractivity contribution in [3.8, 4) is 0 Å². The van der Waals surface area contributed by atoms with Crippen molar-refractivity contribution >= 4 is 47.4 Å². The molecule has 9 heteroatoms. The third-order valence-corrected chi connectivity index (χ3v) is 5.90.